The van der Waals surface area contributed by atoms with Crippen molar-refractivity contribution in [1.29, 1.82) is 0 Å². The summed E-state index contributed by atoms with van der Waals surface area (Å²) >= 11 is 0. The molecule has 0 radical (unpaired) electrons. The monoisotopic (exact) mass is 654 g/mol. The normalized spacial score (nSPS) is 12.2. The fourth-order valence-corrected chi connectivity index (χ4v) is 11.6. The van der Waals surface area contributed by atoms with E-state index in [1.807, 2.05) is 0 Å². The lowest BCUT2D eigenvalue weighted by atomic mass is 9.81. The fraction of sp³-hybridized carbons (Fsp3) is 0.391. The third-order valence-electron chi connectivity index (χ3n) is 13.2. The summed E-state index contributed by atoms with van der Waals surface area (Å²) in [6.07, 6.45) is 0. The van der Waals surface area contributed by atoms with Gasteiger partial charge in [-0.1, -0.05) is 0 Å². The summed E-state index contributed by atoms with van der Waals surface area (Å²) in [6.45, 7) is 40.7. The molecule has 6 rings (SSSR count). The van der Waals surface area contributed by atoms with Crippen LogP contribution < -0.4 is 0 Å². The van der Waals surface area contributed by atoms with Gasteiger partial charge in [-0.3, -0.25) is 0 Å². The van der Waals surface area contributed by atoms with Gasteiger partial charge < -0.3 is 0 Å². The maximum Gasteiger partial charge on any atom is 0.0861 e. The summed E-state index contributed by atoms with van der Waals surface area (Å²) in [5.41, 5.74) is 23.4. The Balaban J connectivity index is 1.77. The molecule has 0 atom stereocenters. The zero-order valence-electron chi connectivity index (χ0n) is 32.8. The van der Waals surface area contributed by atoms with Gasteiger partial charge in [-0.05, 0) is 268 Å². The van der Waals surface area contributed by atoms with E-state index in [0.717, 1.165) is 32.0 Å². The van der Waals surface area contributed by atoms with Crippen molar-refractivity contribution in [2.24, 2.45) is 0 Å². The largest absolute Gasteiger partial charge is 0.249 e. The van der Waals surface area contributed by atoms with E-state index in [1.54, 1.807) is 0 Å². The molecule has 0 bridgehead atoms. The highest BCUT2D eigenvalue weighted by Crippen LogP contribution is 2.47. The van der Waals surface area contributed by atoms with Crippen molar-refractivity contribution in [3.8, 4) is 0 Å². The van der Waals surface area contributed by atoms with E-state index in [-0.39, 0.29) is 0 Å². The molecule has 0 aromatic heterocycles. The number of benzene rings is 6. The van der Waals surface area contributed by atoms with Gasteiger partial charge in [-0.25, -0.2) is 4.21 Å². The topological polar surface area (TPSA) is 17.1 Å². The van der Waals surface area contributed by atoms with Gasteiger partial charge in [0.2, 0.25) is 0 Å². The van der Waals surface area contributed by atoms with E-state index >= 15 is 4.21 Å². The van der Waals surface area contributed by atoms with Crippen molar-refractivity contribution in [3.05, 3.63) is 100 Å². The molecule has 0 fully saturated rings. The minimum Gasteiger partial charge on any atom is -0.249 e. The summed E-state index contributed by atoms with van der Waals surface area (Å²) in [5, 5.41) is 10.7. The van der Waals surface area contributed by atoms with Crippen molar-refractivity contribution in [2.75, 3.05) is 0 Å². The van der Waals surface area contributed by atoms with Crippen LogP contribution in [-0.2, 0) is 10.8 Å². The number of hydrogen-bond acceptors (Lipinski definition) is 1. The summed E-state index contributed by atoms with van der Waals surface area (Å²) in [7, 11) is -1.36. The van der Waals surface area contributed by atoms with Crippen LogP contribution in [0.1, 0.15) is 100 Å². The molecular formula is C46H54OS. The molecule has 48 heavy (non-hydrogen) atoms. The first-order valence-corrected chi connectivity index (χ1v) is 18.7. The van der Waals surface area contributed by atoms with Crippen LogP contribution in [0, 0.1) is 125 Å². The van der Waals surface area contributed by atoms with Crippen LogP contribution in [0.3, 0.4) is 0 Å². The molecule has 250 valence electrons. The lowest BCUT2D eigenvalue weighted by molar-refractivity contribution is 0.681. The van der Waals surface area contributed by atoms with E-state index in [2.05, 4.69) is 125 Å². The Morgan fingerprint density at radius 3 is 0.583 bits per heavy atom. The zero-order valence-corrected chi connectivity index (χ0v) is 33.6. The average molecular weight is 655 g/mol. The number of rotatable bonds is 2. The Hall–Kier alpha value is -3.49. The van der Waals surface area contributed by atoms with E-state index in [4.69, 9.17) is 0 Å². The van der Waals surface area contributed by atoms with E-state index in [1.165, 1.54) is 121 Å². The number of hydrogen-bond donors (Lipinski definition) is 0. The first-order chi connectivity index (χ1) is 22.3. The van der Waals surface area contributed by atoms with Crippen LogP contribution in [0.2, 0.25) is 0 Å². The highest BCUT2D eigenvalue weighted by molar-refractivity contribution is 7.85. The number of fused-ring (bicyclic) bond motifs is 4. The maximum absolute atomic E-state index is 15.4. The lowest BCUT2D eigenvalue weighted by Crippen LogP contribution is -2.10. The second-order valence-electron chi connectivity index (χ2n) is 15.2. The molecule has 0 N–H and O–H groups in total. The molecule has 0 aliphatic carbocycles. The molecule has 0 aliphatic heterocycles. The van der Waals surface area contributed by atoms with Crippen LogP contribution in [0.15, 0.2) is 9.79 Å². The third kappa shape index (κ3) is 4.17. The molecule has 2 heteroatoms. The van der Waals surface area contributed by atoms with Crippen molar-refractivity contribution < 1.29 is 4.21 Å². The molecule has 0 heterocycles. The first-order valence-electron chi connectivity index (χ1n) is 17.6. The molecule has 0 aliphatic rings. The second-order valence-corrected chi connectivity index (χ2v) is 16.5. The predicted octanol–water partition coefficient (Wildman–Crippen LogP) is 13.0. The Morgan fingerprint density at radius 1 is 0.208 bits per heavy atom. The summed E-state index contributed by atoms with van der Waals surface area (Å²) < 4.78 is 15.4. The van der Waals surface area contributed by atoms with E-state index in [0.29, 0.717) is 0 Å². The Bertz CT molecular complexity index is 2340. The minimum absolute atomic E-state index is 0.985. The van der Waals surface area contributed by atoms with E-state index < -0.39 is 10.8 Å². The SMILES string of the molecule is Cc1c(C)c(C)c2c(C)c3c(C)c(S(=O)c4c(C)c(C)c5c(C)c6c(C)c(C)c(C)c(C)c6c(C)c5c4C)c(C)c(C)c3c(C)c2c1C. The average Bonchev–Trinajstić information content (AvgIpc) is 3.03. The summed E-state index contributed by atoms with van der Waals surface area (Å²) in [6, 6.07) is 0. The van der Waals surface area contributed by atoms with Gasteiger partial charge in [-0.2, -0.15) is 0 Å². The standard InChI is InChI=1S/C46H54OS/c1-19-21(3)25(7)39-33(15)43-35(17)45(29(11)27(9)41(43)31(13)37(39)23(19)5)48(47)46-30(12)28(10)42-32(14)38-24(6)20(2)22(4)26(8)40(38)34(16)44(42)36(46)18/h1-18H3. The fourth-order valence-electron chi connectivity index (χ4n) is 9.79. The van der Waals surface area contributed by atoms with Gasteiger partial charge in [0, 0.05) is 0 Å². The van der Waals surface area contributed by atoms with Gasteiger partial charge >= 0.3 is 0 Å². The maximum atomic E-state index is 15.4. The molecule has 0 unspecified atom stereocenters. The zero-order chi connectivity index (χ0) is 35.7. The molecule has 6 aromatic rings. The van der Waals surface area contributed by atoms with Crippen LogP contribution in [-0.4, -0.2) is 4.21 Å². The van der Waals surface area contributed by atoms with Crippen LogP contribution in [0.25, 0.3) is 43.1 Å². The van der Waals surface area contributed by atoms with E-state index in [9.17, 15) is 0 Å². The smallest absolute Gasteiger partial charge is 0.0861 e. The Morgan fingerprint density at radius 2 is 0.375 bits per heavy atom. The molecule has 0 amide bonds. The highest BCUT2D eigenvalue weighted by atomic mass is 32.2. The summed E-state index contributed by atoms with van der Waals surface area (Å²) in [5.74, 6) is 0. The van der Waals surface area contributed by atoms with Crippen molar-refractivity contribution in [1.82, 2.24) is 0 Å². The molecule has 1 nitrogen and oxygen atoms in total. The molecular weight excluding hydrogens is 601 g/mol. The van der Waals surface area contributed by atoms with Crippen molar-refractivity contribution in [3.63, 3.8) is 0 Å². The van der Waals surface area contributed by atoms with Crippen LogP contribution >= 0.6 is 0 Å². The summed E-state index contributed by atoms with van der Waals surface area (Å²) in [4.78, 5) is 1.97. The Labute approximate surface area is 291 Å². The van der Waals surface area contributed by atoms with Gasteiger partial charge in [0.1, 0.15) is 0 Å². The third-order valence-corrected chi connectivity index (χ3v) is 15.2. The number of aryl methyl sites for hydroxylation is 12. The van der Waals surface area contributed by atoms with Crippen LogP contribution in [0.5, 0.6) is 0 Å². The van der Waals surface area contributed by atoms with Gasteiger partial charge in [0.25, 0.3) is 0 Å². The quantitative estimate of drug-likeness (QED) is 0.170. The van der Waals surface area contributed by atoms with Gasteiger partial charge in [0.15, 0.2) is 0 Å². The van der Waals surface area contributed by atoms with Crippen LogP contribution in [0.4, 0.5) is 0 Å². The van der Waals surface area contributed by atoms with Crippen molar-refractivity contribution in [2.45, 2.75) is 134 Å². The van der Waals surface area contributed by atoms with Crippen molar-refractivity contribution >= 4 is 53.9 Å². The first kappa shape index (κ1) is 34.4. The Kier molecular flexibility index (Phi) is 8.07. The van der Waals surface area contributed by atoms with Gasteiger partial charge in [0.05, 0.1) is 20.6 Å². The molecule has 0 saturated carbocycles. The second kappa shape index (κ2) is 11.3. The minimum atomic E-state index is -1.36. The van der Waals surface area contributed by atoms with Gasteiger partial charge in [-0.15, -0.1) is 0 Å². The lowest BCUT2D eigenvalue weighted by Gasteiger charge is -2.27. The highest BCUT2D eigenvalue weighted by Gasteiger charge is 2.28. The molecule has 6 aromatic carbocycles. The molecule has 0 spiro atoms. The predicted molar refractivity (Wildman–Crippen MR) is 213 cm³/mol. The molecule has 0 saturated heterocycles.